The summed E-state index contributed by atoms with van der Waals surface area (Å²) in [6.07, 6.45) is 0. The third kappa shape index (κ3) is 3.47. The van der Waals surface area contributed by atoms with E-state index in [1.54, 1.807) is 0 Å². The summed E-state index contributed by atoms with van der Waals surface area (Å²) in [4.78, 5) is 5.29. The molecule has 0 aliphatic carbocycles. The topological polar surface area (TPSA) is 6.48 Å². The summed E-state index contributed by atoms with van der Waals surface area (Å²) in [6, 6.07) is 62.2. The number of rotatable bonds is 4. The van der Waals surface area contributed by atoms with Crippen molar-refractivity contribution in [2.24, 2.45) is 0 Å². The molecular formula is C37H28B2N2. The first-order chi connectivity index (χ1) is 20.4. The van der Waals surface area contributed by atoms with Crippen molar-refractivity contribution in [3.8, 4) is 0 Å². The average Bonchev–Trinajstić information content (AvgIpc) is 3.51. The lowest BCUT2D eigenvalue weighted by Gasteiger charge is -2.50. The largest absolute Gasteiger partial charge is 0.328 e. The number of hydrogen-bond acceptors (Lipinski definition) is 2. The summed E-state index contributed by atoms with van der Waals surface area (Å²) in [5.74, 6) is 0. The average molecular weight is 522 g/mol. The molecule has 0 saturated carbocycles. The van der Waals surface area contributed by atoms with Crippen LogP contribution in [0, 0.1) is 0 Å². The SMILES string of the molecule is c1ccc(B2c3ccccc3B(c3ccccc3)C23N(c2ccccc2)c2ccccc2N3c2ccccc2)cc1. The zero-order valence-corrected chi connectivity index (χ0v) is 22.7. The zero-order chi connectivity index (χ0) is 27.2. The molecule has 41 heavy (non-hydrogen) atoms. The fraction of sp³-hybridized carbons (Fsp3) is 0.0270. The molecule has 1 spiro atoms. The van der Waals surface area contributed by atoms with Crippen LogP contribution >= 0.6 is 0 Å². The van der Waals surface area contributed by atoms with Crippen LogP contribution in [0.15, 0.2) is 170 Å². The molecule has 2 heterocycles. The minimum atomic E-state index is -0.543. The number of nitrogens with zero attached hydrogens (tertiary/aromatic N) is 2. The van der Waals surface area contributed by atoms with E-state index >= 15 is 0 Å². The van der Waals surface area contributed by atoms with Crippen molar-refractivity contribution >= 4 is 58.0 Å². The number of hydrogen-bond donors (Lipinski definition) is 0. The first-order valence-electron chi connectivity index (χ1n) is 14.4. The molecule has 6 aromatic carbocycles. The van der Waals surface area contributed by atoms with Crippen molar-refractivity contribution in [3.05, 3.63) is 170 Å². The molecule has 2 nitrogen and oxygen atoms in total. The van der Waals surface area contributed by atoms with Crippen LogP contribution in [0.25, 0.3) is 0 Å². The Morgan fingerprint density at radius 3 is 1.05 bits per heavy atom. The van der Waals surface area contributed by atoms with Gasteiger partial charge in [0.05, 0.1) is 16.8 Å². The maximum absolute atomic E-state index is 2.64. The Hall–Kier alpha value is -4.95. The predicted octanol–water partition coefficient (Wildman–Crippen LogP) is 5.68. The molecule has 0 unspecified atom stereocenters. The number of benzene rings is 6. The van der Waals surface area contributed by atoms with Crippen LogP contribution in [0.5, 0.6) is 0 Å². The summed E-state index contributed by atoms with van der Waals surface area (Å²) >= 11 is 0. The van der Waals surface area contributed by atoms with Gasteiger partial charge in [-0.3, -0.25) is 0 Å². The second-order valence-electron chi connectivity index (χ2n) is 10.9. The van der Waals surface area contributed by atoms with Crippen LogP contribution < -0.4 is 31.7 Å². The Balaban J connectivity index is 1.57. The smallest absolute Gasteiger partial charge is 0.253 e. The van der Waals surface area contributed by atoms with Gasteiger partial charge in [0, 0.05) is 11.4 Å². The van der Waals surface area contributed by atoms with Gasteiger partial charge in [-0.05, 0) is 36.4 Å². The molecule has 0 atom stereocenters. The number of anilines is 4. The lowest BCUT2D eigenvalue weighted by molar-refractivity contribution is 0.809. The Bertz CT molecular complexity index is 1540. The molecule has 0 saturated heterocycles. The molecular weight excluding hydrogens is 494 g/mol. The molecule has 4 heteroatoms. The summed E-state index contributed by atoms with van der Waals surface area (Å²) in [6.45, 7) is 0.107. The lowest BCUT2D eigenvalue weighted by atomic mass is 9.21. The minimum absolute atomic E-state index is 0.0536. The molecule has 2 aliphatic rings. The summed E-state index contributed by atoms with van der Waals surface area (Å²) in [5.41, 5.74) is 9.65. The summed E-state index contributed by atoms with van der Waals surface area (Å²) in [5, 5.41) is 0. The van der Waals surface area contributed by atoms with Crippen molar-refractivity contribution < 1.29 is 0 Å². The fourth-order valence-electron chi connectivity index (χ4n) is 7.49. The van der Waals surface area contributed by atoms with E-state index in [4.69, 9.17) is 0 Å². The molecule has 0 amide bonds. The van der Waals surface area contributed by atoms with Crippen molar-refractivity contribution in [1.29, 1.82) is 0 Å². The van der Waals surface area contributed by atoms with Crippen LogP contribution in [0.1, 0.15) is 0 Å². The summed E-state index contributed by atoms with van der Waals surface area (Å²) in [7, 11) is 0. The third-order valence-corrected chi connectivity index (χ3v) is 8.84. The van der Waals surface area contributed by atoms with Gasteiger partial charge in [-0.15, -0.1) is 0 Å². The van der Waals surface area contributed by atoms with E-state index in [0.29, 0.717) is 0 Å². The fourth-order valence-corrected chi connectivity index (χ4v) is 7.49. The van der Waals surface area contributed by atoms with E-state index in [2.05, 4.69) is 180 Å². The molecule has 0 N–H and O–H groups in total. The number of para-hydroxylation sites is 4. The Labute approximate surface area is 242 Å². The van der Waals surface area contributed by atoms with Gasteiger partial charge in [0.2, 0.25) is 0 Å². The van der Waals surface area contributed by atoms with Crippen molar-refractivity contribution in [1.82, 2.24) is 0 Å². The van der Waals surface area contributed by atoms with Crippen molar-refractivity contribution in [3.63, 3.8) is 0 Å². The lowest BCUT2D eigenvalue weighted by Crippen LogP contribution is -2.77. The predicted molar refractivity (Wildman–Crippen MR) is 176 cm³/mol. The van der Waals surface area contributed by atoms with Gasteiger partial charge >= 0.3 is 0 Å². The van der Waals surface area contributed by atoms with Gasteiger partial charge in [-0.1, -0.05) is 155 Å². The molecule has 8 rings (SSSR count). The van der Waals surface area contributed by atoms with Gasteiger partial charge < -0.3 is 9.80 Å². The van der Waals surface area contributed by atoms with E-state index in [9.17, 15) is 0 Å². The Morgan fingerprint density at radius 1 is 0.341 bits per heavy atom. The highest BCUT2D eigenvalue weighted by Gasteiger charge is 2.68. The normalized spacial score (nSPS) is 14.8. The molecule has 192 valence electrons. The summed E-state index contributed by atoms with van der Waals surface area (Å²) < 4.78 is 0. The maximum Gasteiger partial charge on any atom is 0.253 e. The molecule has 0 radical (unpaired) electrons. The molecule has 0 bridgehead atoms. The first kappa shape index (κ1) is 23.9. The van der Waals surface area contributed by atoms with Crippen LogP contribution in [0.4, 0.5) is 22.7 Å². The van der Waals surface area contributed by atoms with Gasteiger partial charge in [0.1, 0.15) is 0 Å². The Morgan fingerprint density at radius 2 is 0.659 bits per heavy atom. The second kappa shape index (κ2) is 9.60. The van der Waals surface area contributed by atoms with Gasteiger partial charge in [0.15, 0.2) is 0 Å². The Kier molecular flexibility index (Phi) is 5.60. The highest BCUT2D eigenvalue weighted by Crippen LogP contribution is 2.55. The molecule has 0 aromatic heterocycles. The van der Waals surface area contributed by atoms with E-state index in [0.717, 1.165) is 0 Å². The van der Waals surface area contributed by atoms with Crippen LogP contribution in [-0.4, -0.2) is 18.9 Å². The number of fused-ring (bicyclic) bond motifs is 2. The van der Waals surface area contributed by atoms with Crippen LogP contribution in [-0.2, 0) is 0 Å². The van der Waals surface area contributed by atoms with Crippen molar-refractivity contribution in [2.75, 3.05) is 9.80 Å². The van der Waals surface area contributed by atoms with Crippen LogP contribution in [0.3, 0.4) is 0 Å². The quantitative estimate of drug-likeness (QED) is 0.275. The molecule has 6 aromatic rings. The van der Waals surface area contributed by atoms with E-state index < -0.39 is 5.46 Å². The zero-order valence-electron chi connectivity index (χ0n) is 22.7. The molecule has 0 fully saturated rings. The monoisotopic (exact) mass is 522 g/mol. The maximum atomic E-state index is 2.64. The van der Waals surface area contributed by atoms with E-state index in [1.165, 1.54) is 44.6 Å². The first-order valence-corrected chi connectivity index (χ1v) is 14.4. The highest BCUT2D eigenvalue weighted by molar-refractivity contribution is 7.13. The van der Waals surface area contributed by atoms with Gasteiger partial charge in [0.25, 0.3) is 13.4 Å². The van der Waals surface area contributed by atoms with E-state index in [-0.39, 0.29) is 13.4 Å². The highest BCUT2D eigenvalue weighted by atomic mass is 15.4. The van der Waals surface area contributed by atoms with E-state index in [1.807, 2.05) is 0 Å². The molecule has 2 aliphatic heterocycles. The van der Waals surface area contributed by atoms with Gasteiger partial charge in [-0.2, -0.15) is 0 Å². The van der Waals surface area contributed by atoms with Crippen LogP contribution in [0.2, 0.25) is 0 Å². The van der Waals surface area contributed by atoms with Gasteiger partial charge in [-0.25, -0.2) is 0 Å². The second-order valence-corrected chi connectivity index (χ2v) is 10.9. The third-order valence-electron chi connectivity index (χ3n) is 8.84. The van der Waals surface area contributed by atoms with Crippen molar-refractivity contribution in [2.45, 2.75) is 5.46 Å². The minimum Gasteiger partial charge on any atom is -0.328 e. The standard InChI is InChI=1S/C37H28B2N2/c1-5-17-29(18-6-1)38-33-25-13-14-26-34(33)39(30-19-7-2-8-20-30)37(38)40(31-21-9-3-10-22-31)35-27-15-16-28-36(35)41(37)32-23-11-4-12-24-32/h1-28H.